The van der Waals surface area contributed by atoms with E-state index in [-0.39, 0.29) is 40.6 Å². The summed E-state index contributed by atoms with van der Waals surface area (Å²) < 4.78 is 0. The topological polar surface area (TPSA) is 161 Å². The molecule has 3 aromatic rings. The summed E-state index contributed by atoms with van der Waals surface area (Å²) in [5.74, 6) is 0.0954. The van der Waals surface area contributed by atoms with Gasteiger partial charge in [-0.05, 0) is 80.1 Å². The van der Waals surface area contributed by atoms with Crippen molar-refractivity contribution in [3.8, 4) is 11.1 Å². The van der Waals surface area contributed by atoms with Crippen LogP contribution in [0.25, 0.3) is 11.1 Å². The number of non-ortho nitro benzene ring substituents is 1. The molecule has 1 aromatic heterocycles. The maximum atomic E-state index is 12.9. The number of amides is 2. The number of carbonyl (C=O) groups is 2. The zero-order valence-corrected chi connectivity index (χ0v) is 22.3. The van der Waals surface area contributed by atoms with Crippen molar-refractivity contribution in [3.05, 3.63) is 92.1 Å². The molecule has 2 heterocycles. The highest BCUT2D eigenvalue weighted by Crippen LogP contribution is 2.33. The number of pyridine rings is 1. The molecule has 0 atom stereocenters. The largest absolute Gasteiger partial charge is 0.352 e. The minimum Gasteiger partial charge on any atom is -0.352 e. The van der Waals surface area contributed by atoms with Gasteiger partial charge in [0.15, 0.2) is 0 Å². The Kier molecular flexibility index (Phi) is 8.29. The van der Waals surface area contributed by atoms with Gasteiger partial charge in [-0.15, -0.1) is 0 Å². The number of benzene rings is 2. The summed E-state index contributed by atoms with van der Waals surface area (Å²) in [6.07, 6.45) is 4.90. The third-order valence-corrected chi connectivity index (χ3v) is 7.51. The van der Waals surface area contributed by atoms with Gasteiger partial charge >= 0.3 is 0 Å². The fourth-order valence-corrected chi connectivity index (χ4v) is 5.02. The molecule has 2 aliphatic rings. The lowest BCUT2D eigenvalue weighted by Gasteiger charge is -2.32. The van der Waals surface area contributed by atoms with Crippen LogP contribution in [0.15, 0.2) is 60.8 Å². The third kappa shape index (κ3) is 7.09. The van der Waals surface area contributed by atoms with E-state index in [9.17, 15) is 29.8 Å². The van der Waals surface area contributed by atoms with E-state index in [0.717, 1.165) is 44.3 Å². The average molecular weight is 559 g/mol. The molecule has 0 bridgehead atoms. The number of nitrogens with one attached hydrogen (secondary N) is 2. The fourth-order valence-electron chi connectivity index (χ4n) is 5.02. The number of nitrogens with zero attached hydrogens (tertiary/aromatic N) is 4. The second-order valence-electron chi connectivity index (χ2n) is 10.5. The summed E-state index contributed by atoms with van der Waals surface area (Å²) in [4.78, 5) is 53.4. The van der Waals surface area contributed by atoms with Crippen LogP contribution in [0.5, 0.6) is 0 Å². The normalized spacial score (nSPS) is 15.7. The number of aromatic nitrogens is 1. The molecule has 5 rings (SSSR count). The SMILES string of the molecule is O=C(NCC1CCN(Cc2cccc([N+](=O)[O-])c2)CC1)c1ccc(-c2ccnc(NC(=O)C3CC3)c2)c([N+](=O)[O-])c1. The lowest BCUT2D eigenvalue weighted by atomic mass is 9.96. The molecule has 12 heteroatoms. The zero-order valence-electron chi connectivity index (χ0n) is 22.3. The molecule has 1 saturated carbocycles. The molecule has 1 aliphatic heterocycles. The van der Waals surface area contributed by atoms with Gasteiger partial charge in [-0.3, -0.25) is 34.7 Å². The van der Waals surface area contributed by atoms with Crippen molar-refractivity contribution >= 4 is 29.0 Å². The number of anilines is 1. The molecule has 0 spiro atoms. The molecule has 1 aliphatic carbocycles. The second-order valence-corrected chi connectivity index (χ2v) is 10.5. The van der Waals surface area contributed by atoms with Crippen LogP contribution in [0.4, 0.5) is 17.2 Å². The fraction of sp³-hybridized carbons (Fsp3) is 0.345. The number of nitro benzene ring substituents is 2. The predicted octanol–water partition coefficient (Wildman–Crippen LogP) is 4.56. The lowest BCUT2D eigenvalue weighted by Crippen LogP contribution is -2.38. The smallest absolute Gasteiger partial charge is 0.277 e. The van der Waals surface area contributed by atoms with E-state index >= 15 is 0 Å². The Balaban J connectivity index is 1.17. The molecule has 2 fully saturated rings. The summed E-state index contributed by atoms with van der Waals surface area (Å²) >= 11 is 0. The van der Waals surface area contributed by atoms with Gasteiger partial charge in [0.25, 0.3) is 17.3 Å². The molecule has 41 heavy (non-hydrogen) atoms. The van der Waals surface area contributed by atoms with Gasteiger partial charge in [-0.1, -0.05) is 12.1 Å². The van der Waals surface area contributed by atoms with Crippen LogP contribution < -0.4 is 10.6 Å². The summed E-state index contributed by atoms with van der Waals surface area (Å²) in [6, 6.07) is 14.2. The van der Waals surface area contributed by atoms with E-state index < -0.39 is 9.85 Å². The van der Waals surface area contributed by atoms with Gasteiger partial charge in [0, 0.05) is 49.0 Å². The summed E-state index contributed by atoms with van der Waals surface area (Å²) in [6.45, 7) is 2.69. The molecule has 212 valence electrons. The third-order valence-electron chi connectivity index (χ3n) is 7.51. The molecule has 2 aromatic carbocycles. The number of rotatable bonds is 10. The van der Waals surface area contributed by atoms with Crippen molar-refractivity contribution < 1.29 is 19.4 Å². The molecule has 1 saturated heterocycles. The monoisotopic (exact) mass is 558 g/mol. The summed E-state index contributed by atoms with van der Waals surface area (Å²) in [5.41, 5.74) is 1.80. The highest BCUT2D eigenvalue weighted by molar-refractivity contribution is 5.96. The molecular weight excluding hydrogens is 528 g/mol. The van der Waals surface area contributed by atoms with Crippen molar-refractivity contribution in [3.63, 3.8) is 0 Å². The Labute approximate surface area is 236 Å². The summed E-state index contributed by atoms with van der Waals surface area (Å²) in [5, 5.41) is 28.6. The number of hydrogen-bond acceptors (Lipinski definition) is 8. The van der Waals surface area contributed by atoms with E-state index in [2.05, 4.69) is 20.5 Å². The van der Waals surface area contributed by atoms with E-state index in [0.29, 0.717) is 30.0 Å². The van der Waals surface area contributed by atoms with Crippen LogP contribution in [0.2, 0.25) is 0 Å². The van der Waals surface area contributed by atoms with E-state index in [1.165, 1.54) is 18.3 Å². The van der Waals surface area contributed by atoms with E-state index in [4.69, 9.17) is 0 Å². The van der Waals surface area contributed by atoms with Crippen LogP contribution in [0.3, 0.4) is 0 Å². The number of hydrogen-bond donors (Lipinski definition) is 2. The molecule has 0 unspecified atom stereocenters. The summed E-state index contributed by atoms with van der Waals surface area (Å²) in [7, 11) is 0. The van der Waals surface area contributed by atoms with Crippen LogP contribution in [-0.4, -0.2) is 51.2 Å². The van der Waals surface area contributed by atoms with E-state index in [1.807, 2.05) is 6.07 Å². The van der Waals surface area contributed by atoms with Crippen molar-refractivity contribution in [2.75, 3.05) is 25.0 Å². The highest BCUT2D eigenvalue weighted by Gasteiger charge is 2.30. The van der Waals surface area contributed by atoms with Gasteiger partial charge in [-0.2, -0.15) is 0 Å². The van der Waals surface area contributed by atoms with Gasteiger partial charge in [-0.25, -0.2) is 4.98 Å². The molecule has 2 amide bonds. The Morgan fingerprint density at radius 1 is 0.951 bits per heavy atom. The Hall–Kier alpha value is -4.71. The molecule has 0 radical (unpaired) electrons. The number of carbonyl (C=O) groups excluding carboxylic acids is 2. The Morgan fingerprint density at radius 3 is 2.44 bits per heavy atom. The number of piperidine rings is 1. The van der Waals surface area contributed by atoms with Crippen LogP contribution >= 0.6 is 0 Å². The van der Waals surface area contributed by atoms with Crippen LogP contribution in [0.1, 0.15) is 41.6 Å². The first kappa shape index (κ1) is 27.8. The Morgan fingerprint density at radius 2 is 1.73 bits per heavy atom. The average Bonchev–Trinajstić information content (AvgIpc) is 3.83. The van der Waals surface area contributed by atoms with Gasteiger partial charge in [0.2, 0.25) is 5.91 Å². The molecule has 2 N–H and O–H groups in total. The maximum Gasteiger partial charge on any atom is 0.277 e. The minimum atomic E-state index is -0.522. The second kappa shape index (κ2) is 12.2. The van der Waals surface area contributed by atoms with E-state index in [1.54, 1.807) is 36.4 Å². The van der Waals surface area contributed by atoms with Crippen molar-refractivity contribution in [1.82, 2.24) is 15.2 Å². The maximum absolute atomic E-state index is 12.9. The Bertz CT molecular complexity index is 1480. The van der Waals surface area contributed by atoms with Gasteiger partial charge in [0.05, 0.1) is 15.4 Å². The standard InChI is InChI=1S/C29H30N6O6/c36-28(31-17-19-9-12-33(13-10-19)18-20-2-1-3-24(14-20)34(38)39)23-6-7-25(26(15-23)35(40)41)22-8-11-30-27(16-22)32-29(37)21-4-5-21/h1-3,6-8,11,14-16,19,21H,4-5,9-10,12-13,17-18H2,(H,31,36)(H,30,32,37). The first-order valence-corrected chi connectivity index (χ1v) is 13.6. The van der Waals surface area contributed by atoms with Crippen molar-refractivity contribution in [1.29, 1.82) is 0 Å². The highest BCUT2D eigenvalue weighted by atomic mass is 16.6. The first-order valence-electron chi connectivity index (χ1n) is 13.6. The molecular formula is C29H30N6O6. The minimum absolute atomic E-state index is 0.000569. The predicted molar refractivity (Wildman–Crippen MR) is 151 cm³/mol. The van der Waals surface area contributed by atoms with Crippen molar-refractivity contribution in [2.45, 2.75) is 32.2 Å². The zero-order chi connectivity index (χ0) is 28.9. The van der Waals surface area contributed by atoms with Crippen molar-refractivity contribution in [2.24, 2.45) is 11.8 Å². The first-order chi connectivity index (χ1) is 19.8. The van der Waals surface area contributed by atoms with Gasteiger partial charge in [0.1, 0.15) is 5.82 Å². The lowest BCUT2D eigenvalue weighted by molar-refractivity contribution is -0.385. The quantitative estimate of drug-likeness (QED) is 0.270. The van der Waals surface area contributed by atoms with Gasteiger partial charge < -0.3 is 10.6 Å². The van der Waals surface area contributed by atoms with Crippen LogP contribution in [-0.2, 0) is 11.3 Å². The number of nitro groups is 2. The number of likely N-dealkylation sites (tertiary alicyclic amines) is 1. The van der Waals surface area contributed by atoms with Crippen LogP contribution in [0, 0.1) is 32.1 Å². The molecule has 12 nitrogen and oxygen atoms in total.